The molecule has 40 heavy (non-hydrogen) atoms. The van der Waals surface area contributed by atoms with E-state index in [9.17, 15) is 28.4 Å². The van der Waals surface area contributed by atoms with Gasteiger partial charge in [0.1, 0.15) is 6.07 Å². The highest BCUT2D eigenvalue weighted by Gasteiger charge is 2.70. The van der Waals surface area contributed by atoms with Gasteiger partial charge in [-0.25, -0.2) is 0 Å². The molecule has 7 atom stereocenters. The van der Waals surface area contributed by atoms with Crippen LogP contribution in [0.2, 0.25) is 0 Å². The molecule has 5 nitrogen and oxygen atoms in total. The molecular weight excluding hydrogens is 510 g/mol. The molecule has 5 aliphatic carbocycles. The second-order valence-corrected chi connectivity index (χ2v) is 15.8. The van der Waals surface area contributed by atoms with Gasteiger partial charge in [0, 0.05) is 29.2 Å². The summed E-state index contributed by atoms with van der Waals surface area (Å²) < 4.78 is 28.3. The third-order valence-corrected chi connectivity index (χ3v) is 12.6. The zero-order chi connectivity index (χ0) is 29.9. The molecule has 0 heterocycles. The Kier molecular flexibility index (Phi) is 6.09. The van der Waals surface area contributed by atoms with E-state index in [2.05, 4.69) is 46.0 Å². The average molecular weight is 555 g/mol. The Balaban J connectivity index is 1.67. The summed E-state index contributed by atoms with van der Waals surface area (Å²) in [6, 6.07) is 2.13. The summed E-state index contributed by atoms with van der Waals surface area (Å²) in [5.74, 6) is -5.62. The van der Waals surface area contributed by atoms with Crippen LogP contribution in [0.15, 0.2) is 23.3 Å². The van der Waals surface area contributed by atoms with Crippen LogP contribution in [0.4, 0.5) is 8.78 Å². The van der Waals surface area contributed by atoms with Crippen molar-refractivity contribution in [3.05, 3.63) is 23.3 Å². The number of nitrogens with zero attached hydrogens (tertiary/aromatic N) is 1. The topological polar surface area (TPSA) is 87.0 Å². The summed E-state index contributed by atoms with van der Waals surface area (Å²) in [5.41, 5.74) is -1.98. The van der Waals surface area contributed by atoms with Crippen LogP contribution in [-0.4, -0.2) is 28.9 Å². The molecule has 3 saturated carbocycles. The highest BCUT2D eigenvalue weighted by Crippen LogP contribution is 2.73. The number of allylic oxidation sites excluding steroid dienone is 4. The number of Topliss-reactive ketones (excluding diaryl/α,β-unsaturated/α-hetero) is 1. The Morgan fingerprint density at radius 3 is 2.25 bits per heavy atom. The molecule has 0 saturated heterocycles. The number of ketones is 2. The first-order chi connectivity index (χ1) is 18.2. The molecule has 5 aliphatic rings. The van der Waals surface area contributed by atoms with Crippen molar-refractivity contribution in [3.63, 3.8) is 0 Å². The Morgan fingerprint density at radius 1 is 1.02 bits per heavy atom. The quantitative estimate of drug-likeness (QED) is 0.410. The van der Waals surface area contributed by atoms with Crippen LogP contribution in [0.25, 0.3) is 0 Å². The van der Waals surface area contributed by atoms with E-state index in [4.69, 9.17) is 0 Å². The zero-order valence-electron chi connectivity index (χ0n) is 25.3. The van der Waals surface area contributed by atoms with E-state index in [1.165, 1.54) is 0 Å². The third-order valence-electron chi connectivity index (χ3n) is 12.6. The molecule has 0 aromatic carbocycles. The van der Waals surface area contributed by atoms with Crippen LogP contribution < -0.4 is 5.32 Å². The second-order valence-electron chi connectivity index (χ2n) is 15.8. The molecule has 0 bridgehead atoms. The Labute approximate surface area is 237 Å². The van der Waals surface area contributed by atoms with Gasteiger partial charge in [0.05, 0.1) is 5.57 Å². The molecule has 0 aliphatic heterocycles. The van der Waals surface area contributed by atoms with Crippen LogP contribution >= 0.6 is 0 Å². The lowest BCUT2D eigenvalue weighted by Gasteiger charge is -2.69. The number of nitriles is 1. The van der Waals surface area contributed by atoms with Gasteiger partial charge < -0.3 is 5.32 Å². The maximum Gasteiger partial charge on any atom is 0.321 e. The van der Waals surface area contributed by atoms with Crippen LogP contribution in [0.5, 0.6) is 0 Å². The molecule has 0 radical (unpaired) electrons. The first-order valence-electron chi connectivity index (χ1n) is 14.8. The Bertz CT molecular complexity index is 1300. The van der Waals surface area contributed by atoms with Crippen LogP contribution in [0, 0.1) is 56.2 Å². The van der Waals surface area contributed by atoms with Gasteiger partial charge in [0.25, 0.3) is 5.91 Å². The first-order valence-corrected chi connectivity index (χ1v) is 14.8. The minimum absolute atomic E-state index is 0.0113. The second kappa shape index (κ2) is 8.35. The summed E-state index contributed by atoms with van der Waals surface area (Å²) in [4.78, 5) is 40.3. The number of carbonyl (C=O) groups is 3. The number of hydrogen-bond acceptors (Lipinski definition) is 4. The molecule has 7 heteroatoms. The molecule has 5 rings (SSSR count). The van der Waals surface area contributed by atoms with Gasteiger partial charge in [-0.05, 0) is 79.1 Å². The number of hydrogen-bond donors (Lipinski definition) is 1. The number of amides is 1. The minimum Gasteiger partial charge on any atom is -0.345 e. The van der Waals surface area contributed by atoms with Crippen molar-refractivity contribution in [3.8, 4) is 6.07 Å². The van der Waals surface area contributed by atoms with Gasteiger partial charge in [0.2, 0.25) is 0 Å². The van der Waals surface area contributed by atoms with Crippen molar-refractivity contribution in [1.82, 2.24) is 5.32 Å². The fourth-order valence-electron chi connectivity index (χ4n) is 10.2. The highest BCUT2D eigenvalue weighted by molar-refractivity contribution is 6.04. The average Bonchev–Trinajstić information content (AvgIpc) is 2.83. The van der Waals surface area contributed by atoms with Crippen LogP contribution in [-0.2, 0) is 14.4 Å². The summed E-state index contributed by atoms with van der Waals surface area (Å²) in [7, 11) is 0. The predicted molar refractivity (Wildman–Crippen MR) is 148 cm³/mol. The van der Waals surface area contributed by atoms with E-state index in [1.807, 2.05) is 19.9 Å². The standard InChI is InChI=1S/C33H44F2N2O3/c1-27(2)11-13-33(37-26(40)32(8,34)35)14-12-31(7)24(20(33)17-27)21(38)15-23-29(5)16-19(18-36)25(39)28(3,4)22(29)9-10-30(23,31)6/h15-16,20,22,24H,9-14,17H2,1-8H3,(H,37,40)/t20-,22-,24-,29-,30+,31+,33?/m0/s1. The fraction of sp³-hybridized carbons (Fsp3) is 0.758. The molecular formula is C33H44F2N2O3. The van der Waals surface area contributed by atoms with Gasteiger partial charge in [-0.1, -0.05) is 60.1 Å². The normalized spacial score (nSPS) is 43.6. The lowest BCUT2D eigenvalue weighted by Crippen LogP contribution is -2.70. The molecule has 1 amide bonds. The van der Waals surface area contributed by atoms with Gasteiger partial charge in [-0.2, -0.15) is 14.0 Å². The smallest absolute Gasteiger partial charge is 0.321 e. The maximum absolute atomic E-state index is 14.4. The van der Waals surface area contributed by atoms with Crippen molar-refractivity contribution < 1.29 is 23.2 Å². The first kappa shape index (κ1) is 29.1. The summed E-state index contributed by atoms with van der Waals surface area (Å²) >= 11 is 0. The van der Waals surface area contributed by atoms with E-state index >= 15 is 0 Å². The lowest BCUT2D eigenvalue weighted by atomic mass is 9.35. The van der Waals surface area contributed by atoms with Crippen molar-refractivity contribution in [2.45, 2.75) is 112 Å². The van der Waals surface area contributed by atoms with Crippen LogP contribution in [0.1, 0.15) is 100 Å². The van der Waals surface area contributed by atoms with Gasteiger partial charge >= 0.3 is 5.92 Å². The predicted octanol–water partition coefficient (Wildman–Crippen LogP) is 6.73. The van der Waals surface area contributed by atoms with Crippen LogP contribution in [0.3, 0.4) is 0 Å². The lowest BCUT2D eigenvalue weighted by molar-refractivity contribution is -0.168. The van der Waals surface area contributed by atoms with Crippen molar-refractivity contribution in [2.24, 2.45) is 44.8 Å². The molecule has 218 valence electrons. The van der Waals surface area contributed by atoms with E-state index in [-0.39, 0.29) is 34.4 Å². The molecule has 0 spiro atoms. The monoisotopic (exact) mass is 554 g/mol. The molecule has 1 unspecified atom stereocenters. The molecule has 0 aromatic rings. The van der Waals surface area contributed by atoms with E-state index < -0.39 is 44.9 Å². The summed E-state index contributed by atoms with van der Waals surface area (Å²) in [6.07, 6.45) is 8.42. The number of nitrogens with one attached hydrogen (secondary N) is 1. The fourth-order valence-corrected chi connectivity index (χ4v) is 10.2. The number of rotatable bonds is 2. The molecule has 1 N–H and O–H groups in total. The SMILES string of the molecule is CC1(C)CCC2(NC(=O)C(C)(F)F)CC[C@]3(C)[C@H](C(=O)C=C4[C@@]5(C)C=C(C#N)C(=O)C(C)(C)[C@@H]5CC[C@]43C)[C@@H]2C1. The van der Waals surface area contributed by atoms with E-state index in [0.29, 0.717) is 32.6 Å². The number of fused-ring (bicyclic) bond motifs is 7. The number of carbonyl (C=O) groups excluding carboxylic acids is 3. The molecule has 0 aromatic heterocycles. The largest absolute Gasteiger partial charge is 0.345 e. The van der Waals surface area contributed by atoms with Crippen molar-refractivity contribution in [2.75, 3.05) is 0 Å². The summed E-state index contributed by atoms with van der Waals surface area (Å²) in [6.45, 7) is 15.3. The molecule has 3 fully saturated rings. The van der Waals surface area contributed by atoms with E-state index in [1.54, 1.807) is 6.08 Å². The number of alkyl halides is 2. The Morgan fingerprint density at radius 2 is 1.65 bits per heavy atom. The highest BCUT2D eigenvalue weighted by atomic mass is 19.3. The van der Waals surface area contributed by atoms with Gasteiger partial charge in [-0.3, -0.25) is 14.4 Å². The summed E-state index contributed by atoms with van der Waals surface area (Å²) in [5, 5.41) is 12.7. The van der Waals surface area contributed by atoms with E-state index in [0.717, 1.165) is 24.8 Å². The zero-order valence-corrected chi connectivity index (χ0v) is 25.3. The van der Waals surface area contributed by atoms with Gasteiger partial charge in [-0.15, -0.1) is 0 Å². The van der Waals surface area contributed by atoms with Crippen molar-refractivity contribution >= 4 is 17.5 Å². The van der Waals surface area contributed by atoms with Gasteiger partial charge in [0.15, 0.2) is 11.6 Å². The minimum atomic E-state index is -3.49. The number of halogens is 2. The third kappa shape index (κ3) is 3.69. The maximum atomic E-state index is 14.4. The Hall–Kier alpha value is -2.36. The van der Waals surface area contributed by atoms with Crippen molar-refractivity contribution in [1.29, 1.82) is 5.26 Å².